The Morgan fingerprint density at radius 1 is 0.544 bits per heavy atom. The van der Waals surface area contributed by atoms with Gasteiger partial charge in [0, 0.05) is 88.9 Å². The number of nitrogens with one attached hydrogen (secondary N) is 1. The number of benzene rings is 6. The van der Waals surface area contributed by atoms with E-state index in [4.69, 9.17) is 9.90 Å². The van der Waals surface area contributed by atoms with Gasteiger partial charge in [0.2, 0.25) is 0 Å². The molecule has 3 heterocycles. The molecule has 4 aliphatic carbocycles. The van der Waals surface area contributed by atoms with Gasteiger partial charge in [-0.3, -0.25) is 14.6 Å². The molecule has 1 aromatic heterocycles. The summed E-state index contributed by atoms with van der Waals surface area (Å²) in [6.45, 7) is 42.4. The number of amides is 2. The minimum atomic E-state index is 0. The maximum absolute atomic E-state index is 12.0. The van der Waals surface area contributed by atoms with E-state index < -0.39 is 0 Å². The number of aliphatic hydroxyl groups excluding tert-OH is 1. The van der Waals surface area contributed by atoms with Gasteiger partial charge >= 0.3 is 39.0 Å². The number of carbonyl (C=O) groups excluding carboxylic acids is 5. The number of likely N-dealkylation sites (tertiary alicyclic amines) is 1. The molecule has 2 aliphatic heterocycles. The van der Waals surface area contributed by atoms with Gasteiger partial charge in [-0.05, 0) is 232 Å². The molecule has 6 aliphatic rings. The summed E-state index contributed by atoms with van der Waals surface area (Å²) in [5.74, 6) is 2.81. The van der Waals surface area contributed by atoms with E-state index in [-0.39, 0.29) is 56.7 Å². The zero-order valence-corrected chi connectivity index (χ0v) is 92.2. The normalized spacial score (nSPS) is 15.7. The van der Waals surface area contributed by atoms with E-state index in [9.17, 15) is 19.2 Å². The number of pyridine rings is 1. The Morgan fingerprint density at radius 2 is 0.976 bits per heavy atom. The molecule has 0 bridgehead atoms. The molecule has 2 saturated carbocycles. The maximum atomic E-state index is 12.0. The first kappa shape index (κ1) is 125. The molecule has 4 fully saturated rings. The molecule has 2 spiro atoms. The number of rotatable bonds is 18. The van der Waals surface area contributed by atoms with E-state index in [2.05, 4.69) is 295 Å². The van der Waals surface area contributed by atoms with Crippen LogP contribution >= 0.6 is 95.6 Å². The molecule has 7 aromatic rings. The minimum absolute atomic E-state index is 0. The van der Waals surface area contributed by atoms with Crippen molar-refractivity contribution in [1.82, 2.24) is 25.0 Å². The molecule has 2 atom stereocenters. The Morgan fingerprint density at radius 3 is 1.33 bits per heavy atom. The molecular formula is C106H155Br6N5O6Ru2. The third-order valence-corrected chi connectivity index (χ3v) is 24.1. The zero-order valence-electron chi connectivity index (χ0n) is 79.3. The first-order chi connectivity index (χ1) is 59.1. The summed E-state index contributed by atoms with van der Waals surface area (Å²) in [6, 6.07) is 59.2. The van der Waals surface area contributed by atoms with Gasteiger partial charge in [0.05, 0.1) is 0 Å². The van der Waals surface area contributed by atoms with Crippen LogP contribution in [-0.2, 0) is 84.4 Å². The van der Waals surface area contributed by atoms with Crippen molar-refractivity contribution in [2.24, 2.45) is 28.6 Å². The van der Waals surface area contributed by atoms with Gasteiger partial charge in [0.25, 0.3) is 11.8 Å². The van der Waals surface area contributed by atoms with Crippen LogP contribution in [0.15, 0.2) is 170 Å². The zero-order chi connectivity index (χ0) is 92.4. The standard InChI is InChI=1S/C18H24N.C17H22N.C14H21NO.C13H20N2O.C9H11Br.C8H9Br.C7H7Br.C4H7Br.C4H6O.C4H8O.C3H7Br.C2H5Br.C2H4O.CH4O.2Ru/c1-14-5-6-16-13-18(12-15(2)17(16)11-14)7-4-9-19(3)10-8-18;1-13-4-5-15-12-17(6-3-8-18-9-7-17)11-14(2)16(15)10-13;1-5-15(6-2)14(16)13-9-7-12(8-10-13)11(3)4;1-5-15(6-2)13(16)12-8-7-11(9-14-12)10(3)4;10-8-4-7-9-5-2-1-3-6-9;9-7-6-8-4-2-1-3-5-8;8-6-7-4-2-1-3-5-7;2*5-3-4-1-2-4;1-4(2)3-5;1-2-3-4;2*1-2-3;1-2;;/h5-6,12H,4,7-10,13H2,1-3H3;4-5,11,18H,3,6-9,12H2,1-2H3;7-11H,5-6H2,1-4H3;7-10H,5-6H2,1-4H3;1-3,5-6H,4,7-8H2;1-5H,6-7H2;1-5H,6H2;4H,1-3H2;3-4H,1-2H2;3-4H,1-2H3;2-3H2,1H3;2H2,1H3;2H,1H3;2H,1H3;;/q2*-1;;;;;;;;;;;;;2*+1. The average molecular weight is 2280 g/mol. The molecule has 2 N–H and O–H groups in total. The average Bonchev–Trinajstić information content (AvgIpc) is 1.73. The number of carbonyl (C=O) groups is 5. The predicted octanol–water partition coefficient (Wildman–Crippen LogP) is 27.8. The summed E-state index contributed by atoms with van der Waals surface area (Å²) in [4.78, 5) is 62.2. The van der Waals surface area contributed by atoms with Crippen LogP contribution < -0.4 is 5.32 Å². The van der Waals surface area contributed by atoms with Crippen LogP contribution in [0.5, 0.6) is 0 Å². The topological polar surface area (TPSA) is 140 Å². The number of aryl methyl sites for hydroxylation is 4. The number of aromatic nitrogens is 1. The van der Waals surface area contributed by atoms with Gasteiger partial charge in [0.15, 0.2) is 0 Å². The Hall–Kier alpha value is -4.09. The molecule has 6 aromatic carbocycles. The smallest absolute Gasteiger partial charge is 0.400 e. The van der Waals surface area contributed by atoms with E-state index >= 15 is 0 Å². The largest absolute Gasteiger partial charge is 1.00 e. The SMILES string of the molecule is BrCC1CC1.BrCCCc1ccccc1.BrCCc1ccccc1.BrCc1ccccc1.CC(C)C=O.CC1=CC2(CCCN(C)CC2)Cc2ccc(C)[c-]c21.CC1=CC2(CCCNCC2)Cc2ccc(C)[c-]c21.CC=O.CCBr.CCCBr.CCN(CC)C(=O)c1ccc(C(C)C)cc1.CCN(CC)C(=O)c1ccc(C(C)C)cn1.CO.O=CC1CC1.[Ru+].[Ru+]. The van der Waals surface area contributed by atoms with E-state index in [1.807, 2.05) is 114 Å². The third kappa shape index (κ3) is 56.4. The summed E-state index contributed by atoms with van der Waals surface area (Å²) < 4.78 is 0. The fourth-order valence-corrected chi connectivity index (χ4v) is 15.1. The fourth-order valence-electron chi connectivity index (χ4n) is 13.3. The van der Waals surface area contributed by atoms with Gasteiger partial charge in [-0.1, -0.05) is 301 Å². The van der Waals surface area contributed by atoms with E-state index in [1.165, 1.54) is 182 Å². The molecule has 2 radical (unpaired) electrons. The second-order valence-electron chi connectivity index (χ2n) is 32.4. The second kappa shape index (κ2) is 77.5. The number of alkyl halides is 6. The third-order valence-electron chi connectivity index (χ3n) is 20.8. The van der Waals surface area contributed by atoms with E-state index in [0.717, 1.165) is 122 Å². The van der Waals surface area contributed by atoms with E-state index in [1.54, 1.807) is 11.1 Å². The second-order valence-corrected chi connectivity index (χ2v) is 37.1. The summed E-state index contributed by atoms with van der Waals surface area (Å²) in [5, 5.41) is 17.1. The molecule has 698 valence electrons. The molecular weight excluding hydrogens is 2120 g/mol. The Balaban J connectivity index is -0.00000133. The van der Waals surface area contributed by atoms with Crippen LogP contribution in [0.2, 0.25) is 0 Å². The number of hydrogen-bond donors (Lipinski definition) is 2. The van der Waals surface area contributed by atoms with Gasteiger partial charge in [0.1, 0.15) is 24.6 Å². The Bertz CT molecular complexity index is 3830. The predicted molar refractivity (Wildman–Crippen MR) is 552 cm³/mol. The van der Waals surface area contributed by atoms with Crippen molar-refractivity contribution in [3.05, 3.63) is 255 Å². The van der Waals surface area contributed by atoms with Crippen LogP contribution in [0.1, 0.15) is 275 Å². The number of aliphatic hydroxyl groups is 1. The molecule has 2 unspecified atom stereocenters. The van der Waals surface area contributed by atoms with Crippen LogP contribution in [-0.4, -0.2) is 149 Å². The van der Waals surface area contributed by atoms with Crippen molar-refractivity contribution < 1.29 is 68.0 Å². The van der Waals surface area contributed by atoms with Gasteiger partial charge in [-0.15, -0.1) is 93.1 Å². The number of aldehydes is 3. The molecule has 19 heteroatoms. The van der Waals surface area contributed by atoms with Gasteiger partial charge in [-0.25, -0.2) is 0 Å². The molecule has 125 heavy (non-hydrogen) atoms. The van der Waals surface area contributed by atoms with Crippen molar-refractivity contribution in [3.8, 4) is 0 Å². The molecule has 2 saturated heterocycles. The van der Waals surface area contributed by atoms with Crippen LogP contribution in [0.3, 0.4) is 0 Å². The van der Waals surface area contributed by atoms with Gasteiger partial charge < -0.3 is 39.5 Å². The number of nitrogens with zero attached hydrogens (tertiary/aromatic N) is 4. The quantitative estimate of drug-likeness (QED) is 0.0372. The maximum Gasteiger partial charge on any atom is 1.00 e. The van der Waals surface area contributed by atoms with Crippen LogP contribution in [0.25, 0.3) is 11.1 Å². The fraction of sp³-hybridized carbons (Fsp3) is 0.528. The van der Waals surface area contributed by atoms with Gasteiger partial charge in [-0.2, -0.15) is 0 Å². The number of hydrogen-bond acceptors (Lipinski definition) is 9. The van der Waals surface area contributed by atoms with Crippen molar-refractivity contribution in [2.75, 3.05) is 93.2 Å². The number of allylic oxidation sites excluding steroid dienone is 4. The van der Waals surface area contributed by atoms with Crippen LogP contribution in [0, 0.1) is 54.6 Å². The van der Waals surface area contributed by atoms with E-state index in [0.29, 0.717) is 34.3 Å². The minimum Gasteiger partial charge on any atom is -0.400 e. The van der Waals surface area contributed by atoms with Crippen molar-refractivity contribution >= 4 is 137 Å². The summed E-state index contributed by atoms with van der Waals surface area (Å²) in [6.07, 6.45) is 29.9. The first-order valence-corrected chi connectivity index (χ1v) is 51.6. The molecule has 11 nitrogen and oxygen atoms in total. The van der Waals surface area contributed by atoms with Crippen molar-refractivity contribution in [2.45, 2.75) is 238 Å². The Labute approximate surface area is 836 Å². The first-order valence-electron chi connectivity index (χ1n) is 44.8. The number of halogens is 6. The van der Waals surface area contributed by atoms with Crippen molar-refractivity contribution in [1.29, 1.82) is 0 Å². The molecule has 2 amide bonds. The Kier molecular flexibility index (Phi) is 77.5. The summed E-state index contributed by atoms with van der Waals surface area (Å²) >= 11 is 19.9. The van der Waals surface area contributed by atoms with Crippen molar-refractivity contribution in [3.63, 3.8) is 0 Å². The summed E-state index contributed by atoms with van der Waals surface area (Å²) in [7, 11) is 3.25. The summed E-state index contributed by atoms with van der Waals surface area (Å²) in [5.41, 5.74) is 19.8. The monoisotopic (exact) mass is 2270 g/mol. The molecule has 13 rings (SSSR count). The number of fused-ring (bicyclic) bond motifs is 2. The van der Waals surface area contributed by atoms with Crippen LogP contribution in [0.4, 0.5) is 0 Å².